The van der Waals surface area contributed by atoms with Gasteiger partial charge in [-0.25, -0.2) is 0 Å². The van der Waals surface area contributed by atoms with Gasteiger partial charge in [-0.3, -0.25) is 9.59 Å². The first-order valence-corrected chi connectivity index (χ1v) is 11.7. The molecule has 4 rings (SSSR count). The van der Waals surface area contributed by atoms with E-state index in [-0.39, 0.29) is 30.9 Å². The number of aromatic nitrogens is 2. The number of nitrogens with zero attached hydrogens (tertiary/aromatic N) is 4. The Bertz CT molecular complexity index is 1110. The van der Waals surface area contributed by atoms with E-state index in [0.29, 0.717) is 23.8 Å². The fourth-order valence-electron chi connectivity index (χ4n) is 3.97. The number of rotatable bonds is 7. The molecule has 0 bridgehead atoms. The van der Waals surface area contributed by atoms with Gasteiger partial charge in [-0.2, -0.15) is 4.98 Å². The molecule has 1 aliphatic rings. The smallest absolute Gasteiger partial charge is 0.254 e. The Morgan fingerprint density at radius 1 is 1.15 bits per heavy atom. The van der Waals surface area contributed by atoms with Crippen molar-refractivity contribution in [2.45, 2.75) is 25.3 Å². The highest BCUT2D eigenvalue weighted by molar-refractivity contribution is 9.10. The van der Waals surface area contributed by atoms with Crippen molar-refractivity contribution >= 4 is 27.7 Å². The quantitative estimate of drug-likeness (QED) is 0.424. The van der Waals surface area contributed by atoms with E-state index in [4.69, 9.17) is 4.52 Å². The van der Waals surface area contributed by atoms with Gasteiger partial charge in [-0.1, -0.05) is 45.4 Å². The van der Waals surface area contributed by atoms with E-state index in [1.165, 1.54) is 4.90 Å². The number of likely N-dealkylation sites (tertiary alicyclic amines) is 1. The molecule has 1 aromatic heterocycles. The van der Waals surface area contributed by atoms with Crippen LogP contribution >= 0.6 is 15.9 Å². The van der Waals surface area contributed by atoms with Gasteiger partial charge in [0.15, 0.2) is 0 Å². The molecular formula is C25H25BrN4O3. The van der Waals surface area contributed by atoms with Gasteiger partial charge in [0.1, 0.15) is 12.6 Å². The molecule has 0 N–H and O–H groups in total. The Kier molecular flexibility index (Phi) is 7.34. The van der Waals surface area contributed by atoms with Gasteiger partial charge in [0.25, 0.3) is 5.91 Å². The predicted molar refractivity (Wildman–Crippen MR) is 128 cm³/mol. The lowest BCUT2D eigenvalue weighted by atomic mass is 10.0. The van der Waals surface area contributed by atoms with E-state index in [9.17, 15) is 9.59 Å². The third-order valence-electron chi connectivity index (χ3n) is 5.64. The molecule has 0 spiro atoms. The van der Waals surface area contributed by atoms with E-state index >= 15 is 0 Å². The molecule has 0 aliphatic carbocycles. The highest BCUT2D eigenvalue weighted by Gasteiger charge is 2.33. The van der Waals surface area contributed by atoms with E-state index in [0.717, 1.165) is 29.3 Å². The van der Waals surface area contributed by atoms with Crippen LogP contribution < -0.4 is 0 Å². The zero-order valence-corrected chi connectivity index (χ0v) is 19.8. The zero-order valence-electron chi connectivity index (χ0n) is 18.2. The number of hydrogen-bond acceptors (Lipinski definition) is 5. The molecule has 3 aromatic rings. The molecule has 2 heterocycles. The molecule has 2 aromatic carbocycles. The molecule has 170 valence electrons. The van der Waals surface area contributed by atoms with Crippen molar-refractivity contribution in [2.75, 3.05) is 19.6 Å². The van der Waals surface area contributed by atoms with Gasteiger partial charge in [0.05, 0.1) is 0 Å². The molecule has 1 fully saturated rings. The SMILES string of the molecule is C=CCN(CC(=O)N1CCCCC1c1nc(-c2ccc(Br)cc2)no1)C(=O)c1ccccc1. The van der Waals surface area contributed by atoms with Gasteiger partial charge < -0.3 is 14.3 Å². The fraction of sp³-hybridized carbons (Fsp3) is 0.280. The van der Waals surface area contributed by atoms with Gasteiger partial charge in [0, 0.05) is 28.7 Å². The molecule has 1 aliphatic heterocycles. The zero-order chi connectivity index (χ0) is 23.2. The number of benzene rings is 2. The van der Waals surface area contributed by atoms with Gasteiger partial charge in [0.2, 0.25) is 17.6 Å². The van der Waals surface area contributed by atoms with Crippen molar-refractivity contribution in [3.63, 3.8) is 0 Å². The maximum absolute atomic E-state index is 13.3. The van der Waals surface area contributed by atoms with Crippen molar-refractivity contribution < 1.29 is 14.1 Å². The number of halogens is 1. The topological polar surface area (TPSA) is 79.5 Å². The summed E-state index contributed by atoms with van der Waals surface area (Å²) < 4.78 is 6.54. The Morgan fingerprint density at radius 3 is 2.64 bits per heavy atom. The summed E-state index contributed by atoms with van der Waals surface area (Å²) in [6.45, 7) is 4.57. The largest absolute Gasteiger partial charge is 0.337 e. The van der Waals surface area contributed by atoms with Gasteiger partial charge >= 0.3 is 0 Å². The first kappa shape index (κ1) is 22.9. The lowest BCUT2D eigenvalue weighted by Gasteiger charge is -2.35. The Labute approximate surface area is 201 Å². The number of amides is 2. The molecule has 0 radical (unpaired) electrons. The summed E-state index contributed by atoms with van der Waals surface area (Å²) in [6.07, 6.45) is 4.22. The van der Waals surface area contributed by atoms with Crippen molar-refractivity contribution in [1.29, 1.82) is 0 Å². The first-order chi connectivity index (χ1) is 16.1. The average Bonchev–Trinajstić information content (AvgIpc) is 3.34. The van der Waals surface area contributed by atoms with E-state index in [1.807, 2.05) is 30.3 Å². The number of carbonyl (C=O) groups excluding carboxylic acids is 2. The van der Waals surface area contributed by atoms with Gasteiger partial charge in [-0.05, 0) is 55.7 Å². The summed E-state index contributed by atoms with van der Waals surface area (Å²) >= 11 is 3.42. The van der Waals surface area contributed by atoms with Crippen LogP contribution in [0.15, 0.2) is 76.2 Å². The summed E-state index contributed by atoms with van der Waals surface area (Å²) in [6, 6.07) is 16.3. The minimum absolute atomic E-state index is 0.0377. The molecule has 1 atom stereocenters. The van der Waals surface area contributed by atoms with Crippen LogP contribution in [-0.2, 0) is 4.79 Å². The fourth-order valence-corrected chi connectivity index (χ4v) is 4.23. The summed E-state index contributed by atoms with van der Waals surface area (Å²) in [7, 11) is 0. The van der Waals surface area contributed by atoms with Crippen LogP contribution in [0.4, 0.5) is 0 Å². The van der Waals surface area contributed by atoms with Crippen molar-refractivity contribution in [2.24, 2.45) is 0 Å². The molecule has 7 nitrogen and oxygen atoms in total. The van der Waals surface area contributed by atoms with Gasteiger partial charge in [-0.15, -0.1) is 6.58 Å². The highest BCUT2D eigenvalue weighted by atomic mass is 79.9. The summed E-state index contributed by atoms with van der Waals surface area (Å²) in [4.78, 5) is 34.1. The van der Waals surface area contributed by atoms with Crippen molar-refractivity contribution in [3.8, 4) is 11.4 Å². The molecule has 2 amide bonds. The molecule has 8 heteroatoms. The summed E-state index contributed by atoms with van der Waals surface area (Å²) in [5.74, 6) is 0.565. The van der Waals surface area contributed by atoms with Crippen LogP contribution in [0.1, 0.15) is 41.6 Å². The first-order valence-electron chi connectivity index (χ1n) is 10.9. The van der Waals surface area contributed by atoms with Crippen LogP contribution in [0.3, 0.4) is 0 Å². The third kappa shape index (κ3) is 5.39. The molecule has 0 saturated carbocycles. The molecule has 1 unspecified atom stereocenters. The van der Waals surface area contributed by atoms with Crippen molar-refractivity contribution in [3.05, 3.63) is 83.2 Å². The Hall–Kier alpha value is -3.26. The van der Waals surface area contributed by atoms with Crippen LogP contribution in [0, 0.1) is 0 Å². The Morgan fingerprint density at radius 2 is 1.91 bits per heavy atom. The number of hydrogen-bond donors (Lipinski definition) is 0. The Balaban J connectivity index is 1.51. The second-order valence-electron chi connectivity index (χ2n) is 7.90. The standard InChI is InChI=1S/C25H25BrN4O3/c1-2-15-29(25(32)19-8-4-3-5-9-19)17-22(31)30-16-7-6-10-21(30)24-27-23(28-33-24)18-11-13-20(26)14-12-18/h2-5,8-9,11-14,21H,1,6-7,10,15-17H2. The number of carbonyl (C=O) groups is 2. The minimum Gasteiger partial charge on any atom is -0.337 e. The monoisotopic (exact) mass is 508 g/mol. The minimum atomic E-state index is -0.305. The van der Waals surface area contributed by atoms with Crippen LogP contribution in [0.5, 0.6) is 0 Å². The second kappa shape index (κ2) is 10.6. The molecule has 1 saturated heterocycles. The maximum atomic E-state index is 13.3. The summed E-state index contributed by atoms with van der Waals surface area (Å²) in [5, 5.41) is 4.13. The van der Waals surface area contributed by atoms with E-state index in [2.05, 4.69) is 32.6 Å². The average molecular weight is 509 g/mol. The van der Waals surface area contributed by atoms with E-state index in [1.54, 1.807) is 35.2 Å². The molecule has 33 heavy (non-hydrogen) atoms. The molecular weight excluding hydrogens is 484 g/mol. The lowest BCUT2D eigenvalue weighted by Crippen LogP contribution is -2.46. The maximum Gasteiger partial charge on any atom is 0.254 e. The predicted octanol–water partition coefficient (Wildman–Crippen LogP) is 4.88. The van der Waals surface area contributed by atoms with E-state index < -0.39 is 0 Å². The lowest BCUT2D eigenvalue weighted by molar-refractivity contribution is -0.136. The second-order valence-corrected chi connectivity index (χ2v) is 8.82. The third-order valence-corrected chi connectivity index (χ3v) is 6.16. The highest BCUT2D eigenvalue weighted by Crippen LogP contribution is 2.31. The van der Waals surface area contributed by atoms with Crippen molar-refractivity contribution in [1.82, 2.24) is 19.9 Å². The van der Waals surface area contributed by atoms with Crippen LogP contribution in [0.2, 0.25) is 0 Å². The normalized spacial score (nSPS) is 15.8. The summed E-state index contributed by atoms with van der Waals surface area (Å²) in [5.41, 5.74) is 1.38. The van der Waals surface area contributed by atoms with Crippen LogP contribution in [-0.4, -0.2) is 51.4 Å². The van der Waals surface area contributed by atoms with Crippen LogP contribution in [0.25, 0.3) is 11.4 Å². The number of piperidine rings is 1.